The van der Waals surface area contributed by atoms with Gasteiger partial charge in [0.15, 0.2) is 0 Å². The topological polar surface area (TPSA) is 44.5 Å². The maximum atomic E-state index is 5.67. The van der Waals surface area contributed by atoms with Crippen LogP contribution in [0.25, 0.3) is 0 Å². The van der Waals surface area contributed by atoms with Gasteiger partial charge in [0, 0.05) is 18.6 Å². The van der Waals surface area contributed by atoms with Crippen LogP contribution in [0.4, 0.5) is 0 Å². The predicted molar refractivity (Wildman–Crippen MR) is 74.2 cm³/mol. The van der Waals surface area contributed by atoms with Crippen LogP contribution >= 0.6 is 12.2 Å². The van der Waals surface area contributed by atoms with E-state index < -0.39 is 0 Å². The van der Waals surface area contributed by atoms with Crippen LogP contribution < -0.4 is 5.73 Å². The van der Waals surface area contributed by atoms with Crippen molar-refractivity contribution in [2.45, 2.75) is 52.1 Å². The molecular weight excluding hydrogens is 234 g/mol. The molecule has 0 spiro atoms. The van der Waals surface area contributed by atoms with Crippen molar-refractivity contribution in [3.8, 4) is 0 Å². The van der Waals surface area contributed by atoms with Gasteiger partial charge in [0.25, 0.3) is 0 Å². The van der Waals surface area contributed by atoms with E-state index in [4.69, 9.17) is 27.4 Å². The third kappa shape index (κ3) is 5.80. The Labute approximate surface area is 110 Å². The Morgan fingerprint density at radius 2 is 2.24 bits per heavy atom. The van der Waals surface area contributed by atoms with Crippen LogP contribution in [-0.4, -0.2) is 30.9 Å². The lowest BCUT2D eigenvalue weighted by atomic mass is 9.88. The van der Waals surface area contributed by atoms with E-state index >= 15 is 0 Å². The average molecular weight is 259 g/mol. The van der Waals surface area contributed by atoms with Crippen LogP contribution in [0.15, 0.2) is 0 Å². The molecule has 0 aromatic carbocycles. The van der Waals surface area contributed by atoms with Crippen LogP contribution in [0.2, 0.25) is 0 Å². The van der Waals surface area contributed by atoms with Gasteiger partial charge in [-0.3, -0.25) is 0 Å². The fraction of sp³-hybridized carbons (Fsp3) is 0.923. The molecule has 1 aliphatic rings. The molecule has 1 heterocycles. The highest BCUT2D eigenvalue weighted by Gasteiger charge is 2.20. The highest BCUT2D eigenvalue weighted by atomic mass is 32.1. The summed E-state index contributed by atoms with van der Waals surface area (Å²) in [5, 5.41) is 0. The maximum Gasteiger partial charge on any atom is 0.0808 e. The zero-order valence-corrected chi connectivity index (χ0v) is 11.9. The first-order valence-electron chi connectivity index (χ1n) is 6.51. The Hall–Kier alpha value is -0.190. The fourth-order valence-electron chi connectivity index (χ4n) is 1.89. The number of rotatable bonds is 7. The second kappa shape index (κ2) is 7.29. The summed E-state index contributed by atoms with van der Waals surface area (Å²) in [6.07, 6.45) is 5.89. The van der Waals surface area contributed by atoms with E-state index in [2.05, 4.69) is 13.8 Å². The highest BCUT2D eigenvalue weighted by molar-refractivity contribution is 7.80. The Morgan fingerprint density at radius 1 is 1.47 bits per heavy atom. The summed E-state index contributed by atoms with van der Waals surface area (Å²) in [6, 6.07) is 0. The largest absolute Gasteiger partial charge is 0.393 e. The van der Waals surface area contributed by atoms with Crippen molar-refractivity contribution in [1.82, 2.24) is 0 Å². The molecule has 1 fully saturated rings. The number of ether oxygens (including phenoxy) is 2. The van der Waals surface area contributed by atoms with E-state index in [1.165, 1.54) is 12.8 Å². The monoisotopic (exact) mass is 259 g/mol. The van der Waals surface area contributed by atoms with Crippen LogP contribution in [0, 0.1) is 5.41 Å². The predicted octanol–water partition coefficient (Wildman–Crippen LogP) is 2.66. The Kier molecular flexibility index (Phi) is 6.38. The third-order valence-electron chi connectivity index (χ3n) is 3.34. The summed E-state index contributed by atoms with van der Waals surface area (Å²) in [6.45, 7) is 6.56. The van der Waals surface area contributed by atoms with Gasteiger partial charge in [-0.1, -0.05) is 26.1 Å². The molecule has 3 nitrogen and oxygen atoms in total. The second-order valence-corrected chi connectivity index (χ2v) is 5.86. The lowest BCUT2D eigenvalue weighted by molar-refractivity contribution is -0.0415. The van der Waals surface area contributed by atoms with Gasteiger partial charge in [-0.05, 0) is 32.1 Å². The SMILES string of the molecule is CC(C)(CCCOCC1CCCCO1)C(N)=S. The summed E-state index contributed by atoms with van der Waals surface area (Å²) in [5.41, 5.74) is 5.62. The van der Waals surface area contributed by atoms with Gasteiger partial charge in [0.05, 0.1) is 17.7 Å². The minimum Gasteiger partial charge on any atom is -0.393 e. The minimum absolute atomic E-state index is 0.0555. The highest BCUT2D eigenvalue weighted by Crippen LogP contribution is 2.22. The van der Waals surface area contributed by atoms with Crippen molar-refractivity contribution >= 4 is 17.2 Å². The fourth-order valence-corrected chi connectivity index (χ4v) is 2.00. The lowest BCUT2D eigenvalue weighted by Crippen LogP contribution is -2.30. The molecule has 0 aromatic heterocycles. The molecule has 0 saturated carbocycles. The first-order chi connectivity index (χ1) is 8.02. The van der Waals surface area contributed by atoms with E-state index in [0.29, 0.717) is 11.1 Å². The quantitative estimate of drug-likeness (QED) is 0.564. The molecule has 100 valence electrons. The van der Waals surface area contributed by atoms with Gasteiger partial charge < -0.3 is 15.2 Å². The number of nitrogens with two attached hydrogens (primary N) is 1. The maximum absolute atomic E-state index is 5.67. The van der Waals surface area contributed by atoms with Crippen molar-refractivity contribution in [2.75, 3.05) is 19.8 Å². The smallest absolute Gasteiger partial charge is 0.0808 e. The molecule has 1 atom stereocenters. The number of hydrogen-bond donors (Lipinski definition) is 1. The molecule has 0 aromatic rings. The van der Waals surface area contributed by atoms with Crippen molar-refractivity contribution in [1.29, 1.82) is 0 Å². The van der Waals surface area contributed by atoms with E-state index in [1.54, 1.807) is 0 Å². The molecule has 0 bridgehead atoms. The van der Waals surface area contributed by atoms with E-state index in [0.717, 1.165) is 39.1 Å². The summed E-state index contributed by atoms with van der Waals surface area (Å²) in [5.74, 6) is 0. The lowest BCUT2D eigenvalue weighted by Gasteiger charge is -2.24. The first-order valence-corrected chi connectivity index (χ1v) is 6.92. The van der Waals surface area contributed by atoms with E-state index in [-0.39, 0.29) is 5.41 Å². The van der Waals surface area contributed by atoms with Gasteiger partial charge in [0.2, 0.25) is 0 Å². The summed E-state index contributed by atoms with van der Waals surface area (Å²) in [7, 11) is 0. The number of hydrogen-bond acceptors (Lipinski definition) is 3. The minimum atomic E-state index is -0.0555. The molecule has 4 heteroatoms. The normalized spacial score (nSPS) is 21.4. The van der Waals surface area contributed by atoms with Crippen molar-refractivity contribution in [3.63, 3.8) is 0 Å². The van der Waals surface area contributed by atoms with Gasteiger partial charge in [0.1, 0.15) is 0 Å². The summed E-state index contributed by atoms with van der Waals surface area (Å²) in [4.78, 5) is 0.591. The van der Waals surface area contributed by atoms with Gasteiger partial charge >= 0.3 is 0 Å². The van der Waals surface area contributed by atoms with Crippen LogP contribution in [-0.2, 0) is 9.47 Å². The van der Waals surface area contributed by atoms with Crippen molar-refractivity contribution in [2.24, 2.45) is 11.1 Å². The zero-order valence-electron chi connectivity index (χ0n) is 11.0. The van der Waals surface area contributed by atoms with Gasteiger partial charge in [-0.2, -0.15) is 0 Å². The first kappa shape index (κ1) is 14.9. The molecule has 2 N–H and O–H groups in total. The van der Waals surface area contributed by atoms with Crippen molar-refractivity contribution in [3.05, 3.63) is 0 Å². The molecular formula is C13H25NO2S. The number of thiocarbonyl (C=S) groups is 1. The van der Waals surface area contributed by atoms with Crippen molar-refractivity contribution < 1.29 is 9.47 Å². The molecule has 0 amide bonds. The second-order valence-electron chi connectivity index (χ2n) is 5.42. The standard InChI is InChI=1S/C13H25NO2S/c1-13(2,12(14)17)7-5-8-15-10-11-6-3-4-9-16-11/h11H,3-10H2,1-2H3,(H2,14,17). The van der Waals surface area contributed by atoms with Crippen LogP contribution in [0.1, 0.15) is 46.0 Å². The Balaban J connectivity index is 2.02. The molecule has 1 unspecified atom stereocenters. The van der Waals surface area contributed by atoms with Gasteiger partial charge in [-0.15, -0.1) is 0 Å². The molecule has 17 heavy (non-hydrogen) atoms. The zero-order chi connectivity index (χ0) is 12.7. The van der Waals surface area contributed by atoms with E-state index in [1.807, 2.05) is 0 Å². The van der Waals surface area contributed by atoms with Crippen LogP contribution in [0.5, 0.6) is 0 Å². The van der Waals surface area contributed by atoms with Crippen LogP contribution in [0.3, 0.4) is 0 Å². The summed E-state index contributed by atoms with van der Waals surface area (Å²) < 4.78 is 11.2. The molecule has 1 aliphatic heterocycles. The molecule has 1 rings (SSSR count). The summed E-state index contributed by atoms with van der Waals surface area (Å²) >= 11 is 5.03. The molecule has 0 radical (unpaired) electrons. The Bertz CT molecular complexity index is 238. The Morgan fingerprint density at radius 3 is 2.82 bits per heavy atom. The molecule has 1 saturated heterocycles. The molecule has 0 aliphatic carbocycles. The van der Waals surface area contributed by atoms with Gasteiger partial charge in [-0.25, -0.2) is 0 Å². The average Bonchev–Trinajstić information content (AvgIpc) is 2.29. The third-order valence-corrected chi connectivity index (χ3v) is 3.89. The van der Waals surface area contributed by atoms with E-state index in [9.17, 15) is 0 Å².